The molecule has 1 unspecified atom stereocenters. The van der Waals surface area contributed by atoms with Gasteiger partial charge in [-0.15, -0.1) is 0 Å². The van der Waals surface area contributed by atoms with Gasteiger partial charge in [-0.3, -0.25) is 14.2 Å². The van der Waals surface area contributed by atoms with E-state index in [1.54, 1.807) is 10.8 Å². The number of carbonyl (C=O) groups excluding carboxylic acids is 1. The highest BCUT2D eigenvalue weighted by atomic mass is 16.1. The Morgan fingerprint density at radius 3 is 2.55 bits per heavy atom. The zero-order chi connectivity index (χ0) is 27.6. The molecule has 40 heavy (non-hydrogen) atoms. The highest BCUT2D eigenvalue weighted by Crippen LogP contribution is 2.30. The number of nitrogens with one attached hydrogen (secondary N) is 2. The van der Waals surface area contributed by atoms with Crippen molar-refractivity contribution in [2.75, 3.05) is 36.4 Å². The molecule has 8 heteroatoms. The third kappa shape index (κ3) is 4.91. The van der Waals surface area contributed by atoms with Crippen LogP contribution in [0.25, 0.3) is 16.6 Å². The molecule has 204 valence electrons. The Morgan fingerprint density at radius 1 is 1.05 bits per heavy atom. The summed E-state index contributed by atoms with van der Waals surface area (Å²) in [4.78, 5) is 38.9. The largest absolute Gasteiger partial charge is 0.368 e. The summed E-state index contributed by atoms with van der Waals surface area (Å²) in [5, 5.41) is 7.37. The zero-order valence-electron chi connectivity index (χ0n) is 23.0. The van der Waals surface area contributed by atoms with Crippen molar-refractivity contribution in [2.45, 2.75) is 39.2 Å². The molecule has 2 N–H and O–H groups in total. The number of aromatic nitrogens is 3. The van der Waals surface area contributed by atoms with Crippen LogP contribution in [0.2, 0.25) is 0 Å². The molecule has 0 saturated heterocycles. The lowest BCUT2D eigenvalue weighted by molar-refractivity contribution is -0.122. The first-order valence-corrected chi connectivity index (χ1v) is 14.1. The van der Waals surface area contributed by atoms with E-state index in [0.717, 1.165) is 41.7 Å². The van der Waals surface area contributed by atoms with Gasteiger partial charge < -0.3 is 15.5 Å². The first kappa shape index (κ1) is 26.0. The monoisotopic (exact) mass is 534 g/mol. The summed E-state index contributed by atoms with van der Waals surface area (Å²) in [7, 11) is 0. The number of pyridine rings is 1. The van der Waals surface area contributed by atoms with Gasteiger partial charge in [0.25, 0.3) is 5.56 Å². The molecule has 2 aliphatic rings. The van der Waals surface area contributed by atoms with E-state index in [4.69, 9.17) is 4.98 Å². The van der Waals surface area contributed by atoms with Crippen LogP contribution >= 0.6 is 0 Å². The van der Waals surface area contributed by atoms with Gasteiger partial charge in [0.2, 0.25) is 5.95 Å². The van der Waals surface area contributed by atoms with Crippen molar-refractivity contribution in [3.05, 3.63) is 93.9 Å². The molecule has 6 rings (SSSR count). The third-order valence-corrected chi connectivity index (χ3v) is 8.01. The number of hydrogen-bond acceptors (Lipinski definition) is 7. The molecule has 1 atom stereocenters. The molecule has 2 aromatic heterocycles. The molecule has 0 saturated carbocycles. The van der Waals surface area contributed by atoms with Gasteiger partial charge in [-0.05, 0) is 67.3 Å². The fourth-order valence-electron chi connectivity index (χ4n) is 5.82. The van der Waals surface area contributed by atoms with Crippen LogP contribution in [-0.2, 0) is 17.6 Å². The minimum Gasteiger partial charge on any atom is -0.368 e. The maximum Gasteiger partial charge on any atom is 0.276 e. The van der Waals surface area contributed by atoms with Crippen LogP contribution in [0.1, 0.15) is 43.0 Å². The van der Waals surface area contributed by atoms with Gasteiger partial charge >= 0.3 is 0 Å². The van der Waals surface area contributed by atoms with Crippen LogP contribution < -0.4 is 21.1 Å². The van der Waals surface area contributed by atoms with E-state index in [0.29, 0.717) is 43.2 Å². The minimum atomic E-state index is -0.624. The normalized spacial score (nSPS) is 16.9. The van der Waals surface area contributed by atoms with Crippen molar-refractivity contribution in [3.8, 4) is 0 Å². The molecule has 1 aliphatic heterocycles. The number of anilines is 3. The summed E-state index contributed by atoms with van der Waals surface area (Å²) < 4.78 is 1.61. The maximum absolute atomic E-state index is 14.0. The SMILES string of the molecule is CCN(CC)c1cc2cnc(Nc3ccc(C4=CCNCC4)cc3)nc2n(C2Cc3ccccc3CC2=O)c1=O. The average molecular weight is 535 g/mol. The van der Waals surface area contributed by atoms with E-state index in [-0.39, 0.29) is 11.3 Å². The van der Waals surface area contributed by atoms with Gasteiger partial charge in [-0.2, -0.15) is 4.98 Å². The lowest BCUT2D eigenvalue weighted by Gasteiger charge is -2.28. The number of hydrogen-bond donors (Lipinski definition) is 2. The predicted molar refractivity (Wildman–Crippen MR) is 160 cm³/mol. The number of carbonyl (C=O) groups is 1. The van der Waals surface area contributed by atoms with Crippen molar-refractivity contribution in [2.24, 2.45) is 0 Å². The first-order chi connectivity index (χ1) is 19.6. The minimum absolute atomic E-state index is 0.0229. The second kappa shape index (κ2) is 11.1. The number of Topliss-reactive ketones (excluding diaryl/α,β-unsaturated/α-hetero) is 1. The lowest BCUT2D eigenvalue weighted by atomic mass is 9.87. The molecule has 8 nitrogen and oxygen atoms in total. The van der Waals surface area contributed by atoms with Crippen LogP contribution in [-0.4, -0.2) is 46.5 Å². The molecule has 0 bridgehead atoms. The molecule has 2 aromatic carbocycles. The van der Waals surface area contributed by atoms with Crippen molar-refractivity contribution in [1.82, 2.24) is 19.9 Å². The molecule has 0 spiro atoms. The van der Waals surface area contributed by atoms with Crippen LogP contribution in [0.3, 0.4) is 0 Å². The standard InChI is InChI=1S/C32H34N6O2/c1-3-37(4-2)28-18-25-20-34-32(35-26-11-9-21(10-12-26)22-13-15-33-16-14-22)36-30(25)38(31(28)40)27-17-23-7-5-6-8-24(23)19-29(27)39/h5-13,18,20,27,33H,3-4,14-17,19H2,1-2H3,(H,34,35,36). The summed E-state index contributed by atoms with van der Waals surface area (Å²) in [5.41, 5.74) is 6.37. The van der Waals surface area contributed by atoms with Crippen LogP contribution in [0, 0.1) is 0 Å². The fraction of sp³-hybridized carbons (Fsp3) is 0.312. The molecule has 0 amide bonds. The van der Waals surface area contributed by atoms with Crippen molar-refractivity contribution < 1.29 is 4.79 Å². The van der Waals surface area contributed by atoms with Gasteiger partial charge in [0.05, 0.1) is 0 Å². The van der Waals surface area contributed by atoms with Crippen molar-refractivity contribution in [1.29, 1.82) is 0 Å². The number of fused-ring (bicyclic) bond motifs is 2. The van der Waals surface area contributed by atoms with Gasteiger partial charge in [0, 0.05) is 49.7 Å². The number of benzene rings is 2. The second-order valence-corrected chi connectivity index (χ2v) is 10.4. The predicted octanol–water partition coefficient (Wildman–Crippen LogP) is 4.67. The topological polar surface area (TPSA) is 92.2 Å². The van der Waals surface area contributed by atoms with E-state index in [2.05, 4.69) is 33.8 Å². The lowest BCUT2D eigenvalue weighted by Crippen LogP contribution is -2.39. The summed E-state index contributed by atoms with van der Waals surface area (Å²) in [6.45, 7) is 7.30. The van der Waals surface area contributed by atoms with Gasteiger partial charge in [0.15, 0.2) is 5.78 Å². The summed E-state index contributed by atoms with van der Waals surface area (Å²) in [5.74, 6) is 0.406. The smallest absolute Gasteiger partial charge is 0.276 e. The first-order valence-electron chi connectivity index (χ1n) is 14.1. The zero-order valence-corrected chi connectivity index (χ0v) is 23.0. The van der Waals surface area contributed by atoms with Crippen molar-refractivity contribution >= 4 is 39.7 Å². The van der Waals surface area contributed by atoms with E-state index < -0.39 is 6.04 Å². The maximum atomic E-state index is 14.0. The molecule has 4 aromatic rings. The van der Waals surface area contributed by atoms with Gasteiger partial charge in [-0.25, -0.2) is 4.98 Å². The Hall–Kier alpha value is -4.30. The second-order valence-electron chi connectivity index (χ2n) is 10.4. The molecule has 0 radical (unpaired) electrons. The molecular formula is C32H34N6O2. The number of rotatable bonds is 7. The van der Waals surface area contributed by atoms with E-state index in [1.165, 1.54) is 11.1 Å². The third-order valence-electron chi connectivity index (χ3n) is 8.01. The quantitative estimate of drug-likeness (QED) is 0.356. The van der Waals surface area contributed by atoms with E-state index >= 15 is 0 Å². The highest BCUT2D eigenvalue weighted by Gasteiger charge is 2.31. The highest BCUT2D eigenvalue weighted by molar-refractivity contribution is 5.89. The average Bonchev–Trinajstić information content (AvgIpc) is 2.99. The summed E-state index contributed by atoms with van der Waals surface area (Å²) in [6, 6.07) is 17.4. The summed E-state index contributed by atoms with van der Waals surface area (Å²) >= 11 is 0. The number of ketones is 1. The summed E-state index contributed by atoms with van der Waals surface area (Å²) in [6.07, 6.45) is 5.75. The fourth-order valence-corrected chi connectivity index (χ4v) is 5.82. The van der Waals surface area contributed by atoms with Crippen LogP contribution in [0.15, 0.2) is 71.7 Å². The Kier molecular flexibility index (Phi) is 7.17. The van der Waals surface area contributed by atoms with Crippen LogP contribution in [0.5, 0.6) is 0 Å². The van der Waals surface area contributed by atoms with E-state index in [9.17, 15) is 9.59 Å². The Bertz CT molecular complexity index is 1650. The van der Waals surface area contributed by atoms with Gasteiger partial charge in [-0.1, -0.05) is 42.5 Å². The Labute approximate surface area is 233 Å². The molecular weight excluding hydrogens is 500 g/mol. The Morgan fingerprint density at radius 2 is 1.82 bits per heavy atom. The van der Waals surface area contributed by atoms with E-state index in [1.807, 2.05) is 61.2 Å². The molecule has 0 fully saturated rings. The van der Waals surface area contributed by atoms with Crippen molar-refractivity contribution in [3.63, 3.8) is 0 Å². The Balaban J connectivity index is 1.41. The number of nitrogens with zero attached hydrogens (tertiary/aromatic N) is 4. The van der Waals surface area contributed by atoms with Gasteiger partial charge in [0.1, 0.15) is 17.4 Å². The molecule has 3 heterocycles. The molecule has 1 aliphatic carbocycles. The van der Waals surface area contributed by atoms with Crippen LogP contribution in [0.4, 0.5) is 17.3 Å².